The topological polar surface area (TPSA) is 47.5 Å². The molecule has 1 aliphatic heterocycles. The molecule has 6 heteroatoms. The van der Waals surface area contributed by atoms with Crippen LogP contribution in [0.2, 0.25) is 0 Å². The summed E-state index contributed by atoms with van der Waals surface area (Å²) < 4.78 is 5.65. The minimum absolute atomic E-state index is 0.0153. The summed E-state index contributed by atoms with van der Waals surface area (Å²) in [5.41, 5.74) is 11.0. The molecule has 10 rings (SSSR count). The maximum atomic E-state index is 5.30. The monoisotopic (exact) mass is 733 g/mol. The number of aromatic nitrogens is 3. The number of nitrogens with zero attached hydrogens (tertiary/aromatic N) is 5. The second-order valence-corrected chi connectivity index (χ2v) is 14.2. The highest BCUT2D eigenvalue weighted by Gasteiger charge is 2.30. The zero-order valence-electron chi connectivity index (χ0n) is 28.1. The van der Waals surface area contributed by atoms with Crippen molar-refractivity contribution in [1.82, 2.24) is 14.1 Å². The van der Waals surface area contributed by atoms with Crippen LogP contribution < -0.4 is 0 Å². The van der Waals surface area contributed by atoms with E-state index >= 15 is 0 Å². The quantitative estimate of drug-likeness (QED) is 0.174. The number of halogens is 1. The van der Waals surface area contributed by atoms with Gasteiger partial charge in [-0.15, -0.1) is 0 Å². The summed E-state index contributed by atoms with van der Waals surface area (Å²) in [5.74, 6) is 1.77. The molecule has 3 heterocycles. The lowest BCUT2D eigenvalue weighted by atomic mass is 9.86. The fraction of sp³-hybridized carbons (Fsp3) is 0.0652. The van der Waals surface area contributed by atoms with Gasteiger partial charge in [-0.25, -0.2) is 15.0 Å². The maximum absolute atomic E-state index is 5.30. The van der Waals surface area contributed by atoms with Crippen LogP contribution in [0.1, 0.15) is 11.1 Å². The van der Waals surface area contributed by atoms with Gasteiger partial charge in [0.25, 0.3) is 0 Å². The number of imidazole rings is 1. The maximum Gasteiger partial charge on any atom is 0.230 e. The Morgan fingerprint density at radius 2 is 1.25 bits per heavy atom. The summed E-state index contributed by atoms with van der Waals surface area (Å²) in [6.07, 6.45) is 8.61. The molecule has 0 bridgehead atoms. The van der Waals surface area contributed by atoms with Crippen molar-refractivity contribution in [3.63, 3.8) is 0 Å². The van der Waals surface area contributed by atoms with Crippen LogP contribution in [-0.2, 0) is 6.54 Å². The Kier molecular flexibility index (Phi) is 7.43. The first-order valence-corrected chi connectivity index (χ1v) is 18.4. The molecule has 0 radical (unpaired) electrons. The van der Waals surface area contributed by atoms with E-state index < -0.39 is 0 Å². The van der Waals surface area contributed by atoms with Gasteiger partial charge in [-0.3, -0.25) is 4.57 Å². The molecular weight excluding hydrogens is 702 g/mol. The molecule has 2 aliphatic rings. The van der Waals surface area contributed by atoms with E-state index in [1.807, 2.05) is 6.07 Å². The van der Waals surface area contributed by atoms with Gasteiger partial charge in [0, 0.05) is 26.7 Å². The van der Waals surface area contributed by atoms with Crippen LogP contribution in [-0.4, -0.2) is 31.8 Å². The molecule has 2 unspecified atom stereocenters. The lowest BCUT2D eigenvalue weighted by Gasteiger charge is -2.28. The van der Waals surface area contributed by atoms with Gasteiger partial charge >= 0.3 is 0 Å². The van der Waals surface area contributed by atoms with Crippen LogP contribution >= 0.6 is 15.9 Å². The standard InChI is InChI=1S/C46H32BrN5/c47-38-20-10-7-17-34(38)29-51-43-26-24-33(28-40(43)48-45(51)31-15-5-2-6-16-31)32-23-25-42-37(27-32)35-18-9-12-22-41(35)52(42)46-49-39-21-11-8-19-36(39)44(50-46)30-13-3-1-4-14-30/h1-28,36,39H,29H2. The summed E-state index contributed by atoms with van der Waals surface area (Å²) >= 11 is 3.77. The number of para-hydroxylation sites is 1. The Balaban J connectivity index is 1.11. The van der Waals surface area contributed by atoms with E-state index in [-0.39, 0.29) is 12.0 Å². The molecule has 8 aromatic rings. The van der Waals surface area contributed by atoms with Gasteiger partial charge < -0.3 is 4.57 Å². The van der Waals surface area contributed by atoms with E-state index in [4.69, 9.17) is 15.0 Å². The zero-order chi connectivity index (χ0) is 34.6. The van der Waals surface area contributed by atoms with Crippen LogP contribution in [0.5, 0.6) is 0 Å². The highest BCUT2D eigenvalue weighted by molar-refractivity contribution is 9.10. The largest absolute Gasteiger partial charge is 0.319 e. The van der Waals surface area contributed by atoms with Crippen LogP contribution in [0.15, 0.2) is 184 Å². The smallest absolute Gasteiger partial charge is 0.230 e. The summed E-state index contributed by atoms with van der Waals surface area (Å²) in [6, 6.07) is 51.3. The average molecular weight is 735 g/mol. The minimum Gasteiger partial charge on any atom is -0.319 e. The van der Waals surface area contributed by atoms with Crippen molar-refractivity contribution in [2.24, 2.45) is 15.9 Å². The fourth-order valence-corrected chi connectivity index (χ4v) is 8.14. The molecular formula is C46H32BrN5. The average Bonchev–Trinajstić information content (AvgIpc) is 3.74. The van der Waals surface area contributed by atoms with Gasteiger partial charge in [-0.1, -0.05) is 149 Å². The molecule has 0 fully saturated rings. The Hall–Kier alpha value is -6.11. The number of benzene rings is 6. The predicted octanol–water partition coefficient (Wildman–Crippen LogP) is 11.1. The molecule has 2 aromatic heterocycles. The summed E-state index contributed by atoms with van der Waals surface area (Å²) in [5, 5.41) is 2.34. The highest BCUT2D eigenvalue weighted by atomic mass is 79.9. The van der Waals surface area contributed by atoms with Crippen molar-refractivity contribution in [3.8, 4) is 22.5 Å². The number of rotatable bonds is 5. The normalized spacial score (nSPS) is 16.7. The molecule has 1 aliphatic carbocycles. The van der Waals surface area contributed by atoms with Crippen LogP contribution in [0.3, 0.4) is 0 Å². The molecule has 2 atom stereocenters. The van der Waals surface area contributed by atoms with E-state index in [0.29, 0.717) is 12.5 Å². The van der Waals surface area contributed by atoms with E-state index in [9.17, 15) is 0 Å². The first kappa shape index (κ1) is 30.7. The van der Waals surface area contributed by atoms with Crippen molar-refractivity contribution >= 4 is 60.4 Å². The van der Waals surface area contributed by atoms with Crippen LogP contribution in [0.25, 0.3) is 55.4 Å². The molecule has 0 N–H and O–H groups in total. The number of fused-ring (bicyclic) bond motifs is 5. The fourth-order valence-electron chi connectivity index (χ4n) is 7.73. The number of hydrogen-bond acceptors (Lipinski definition) is 3. The molecule has 5 nitrogen and oxygen atoms in total. The number of allylic oxidation sites excluding steroid dienone is 2. The zero-order valence-corrected chi connectivity index (χ0v) is 29.7. The summed E-state index contributed by atoms with van der Waals surface area (Å²) in [7, 11) is 0. The SMILES string of the molecule is Brc1ccccc1Cn1c(-c2ccccc2)nc2cc(-c3ccc4c(c3)c3ccccc3n4C3=NC4C=CC=CC4C(c4ccccc4)=N3)ccc21. The second kappa shape index (κ2) is 12.6. The van der Waals surface area contributed by atoms with Crippen LogP contribution in [0, 0.1) is 5.92 Å². The third-order valence-electron chi connectivity index (χ3n) is 10.2. The summed E-state index contributed by atoms with van der Waals surface area (Å²) in [6.45, 7) is 0.707. The second-order valence-electron chi connectivity index (χ2n) is 13.3. The van der Waals surface area contributed by atoms with Gasteiger partial charge in [0.2, 0.25) is 5.96 Å². The lowest BCUT2D eigenvalue weighted by Crippen LogP contribution is -2.33. The van der Waals surface area contributed by atoms with Crippen molar-refractivity contribution in [1.29, 1.82) is 0 Å². The minimum atomic E-state index is -0.0153. The highest BCUT2D eigenvalue weighted by Crippen LogP contribution is 2.36. The molecule has 0 amide bonds. The van der Waals surface area contributed by atoms with Crippen molar-refractivity contribution < 1.29 is 0 Å². The van der Waals surface area contributed by atoms with Gasteiger partial charge in [-0.05, 0) is 58.7 Å². The predicted molar refractivity (Wildman–Crippen MR) is 218 cm³/mol. The van der Waals surface area contributed by atoms with Crippen molar-refractivity contribution in [2.45, 2.75) is 12.6 Å². The van der Waals surface area contributed by atoms with E-state index in [1.165, 1.54) is 10.9 Å². The molecule has 0 saturated carbocycles. The van der Waals surface area contributed by atoms with Gasteiger partial charge in [0.15, 0.2) is 0 Å². The Morgan fingerprint density at radius 1 is 0.577 bits per heavy atom. The third-order valence-corrected chi connectivity index (χ3v) is 11.0. The van der Waals surface area contributed by atoms with Gasteiger partial charge in [0.05, 0.1) is 40.4 Å². The molecule has 6 aromatic carbocycles. The molecule has 0 saturated heterocycles. The first-order chi connectivity index (χ1) is 25.7. The Morgan fingerprint density at radius 3 is 2.08 bits per heavy atom. The Bertz CT molecular complexity index is 2790. The molecule has 52 heavy (non-hydrogen) atoms. The first-order valence-electron chi connectivity index (χ1n) is 17.6. The van der Waals surface area contributed by atoms with Gasteiger partial charge in [-0.2, -0.15) is 0 Å². The van der Waals surface area contributed by atoms with E-state index in [2.05, 4.69) is 189 Å². The van der Waals surface area contributed by atoms with Crippen molar-refractivity contribution in [3.05, 3.63) is 185 Å². The molecule has 248 valence electrons. The molecule has 0 spiro atoms. The number of aliphatic imine (C=N–C) groups is 2. The van der Waals surface area contributed by atoms with E-state index in [0.717, 1.165) is 65.7 Å². The van der Waals surface area contributed by atoms with E-state index in [1.54, 1.807) is 0 Å². The van der Waals surface area contributed by atoms with Crippen LogP contribution in [0.4, 0.5) is 0 Å². The third kappa shape index (κ3) is 5.18. The van der Waals surface area contributed by atoms with Crippen molar-refractivity contribution in [2.75, 3.05) is 0 Å². The summed E-state index contributed by atoms with van der Waals surface area (Å²) in [4.78, 5) is 15.8. The Labute approximate surface area is 309 Å². The number of hydrogen-bond donors (Lipinski definition) is 0. The lowest BCUT2D eigenvalue weighted by molar-refractivity contribution is 0.703. The van der Waals surface area contributed by atoms with Gasteiger partial charge in [0.1, 0.15) is 5.82 Å².